The van der Waals surface area contributed by atoms with E-state index >= 15 is 0 Å². The summed E-state index contributed by atoms with van der Waals surface area (Å²) in [6, 6.07) is 5.83. The average Bonchev–Trinajstić information content (AvgIpc) is 2.99. The van der Waals surface area contributed by atoms with Gasteiger partial charge in [0.1, 0.15) is 0 Å². The van der Waals surface area contributed by atoms with Crippen molar-refractivity contribution in [1.29, 1.82) is 0 Å². The van der Waals surface area contributed by atoms with Gasteiger partial charge in [0.25, 0.3) is 0 Å². The number of fused-ring (bicyclic) bond motifs is 1. The molecule has 0 N–H and O–H groups in total. The average molecular weight is 282 g/mol. The third-order valence-corrected chi connectivity index (χ3v) is 4.09. The Balaban J connectivity index is 1.96. The third kappa shape index (κ3) is 2.20. The van der Waals surface area contributed by atoms with E-state index in [1.54, 1.807) is 17.9 Å². The van der Waals surface area contributed by atoms with Crippen LogP contribution in [0.5, 0.6) is 0 Å². The van der Waals surface area contributed by atoms with E-state index in [2.05, 4.69) is 5.10 Å². The second kappa shape index (κ2) is 4.95. The maximum atomic E-state index is 12.7. The van der Waals surface area contributed by atoms with E-state index < -0.39 is 5.92 Å². The van der Waals surface area contributed by atoms with Crippen molar-refractivity contribution in [3.05, 3.63) is 52.3 Å². The van der Waals surface area contributed by atoms with Crippen LogP contribution in [0.3, 0.4) is 0 Å². The van der Waals surface area contributed by atoms with Gasteiger partial charge in [-0.1, -0.05) is 24.6 Å². The molecule has 0 amide bonds. The van der Waals surface area contributed by atoms with Gasteiger partial charge in [0.05, 0.1) is 17.2 Å². The highest BCUT2D eigenvalue weighted by molar-refractivity contribution is 6.19. The van der Waals surface area contributed by atoms with Gasteiger partial charge in [-0.15, -0.1) is 0 Å². The lowest BCUT2D eigenvalue weighted by Gasteiger charge is -2.06. The highest BCUT2D eigenvalue weighted by Gasteiger charge is 2.37. The molecule has 0 bridgehead atoms. The summed E-state index contributed by atoms with van der Waals surface area (Å²) in [6.45, 7) is 3.92. The van der Waals surface area contributed by atoms with E-state index in [0.29, 0.717) is 24.0 Å². The van der Waals surface area contributed by atoms with Crippen LogP contribution in [0.15, 0.2) is 24.4 Å². The molecule has 2 aromatic rings. The van der Waals surface area contributed by atoms with Gasteiger partial charge in [-0.05, 0) is 31.4 Å². The number of aromatic nitrogens is 2. The Morgan fingerprint density at radius 1 is 1.43 bits per heavy atom. The van der Waals surface area contributed by atoms with Crippen molar-refractivity contribution in [2.75, 3.05) is 0 Å². The first-order chi connectivity index (χ1) is 10.0. The van der Waals surface area contributed by atoms with Crippen molar-refractivity contribution >= 4 is 11.6 Å². The van der Waals surface area contributed by atoms with Gasteiger partial charge in [-0.2, -0.15) is 5.10 Å². The molecule has 0 saturated carbocycles. The van der Waals surface area contributed by atoms with E-state index in [1.807, 2.05) is 32.0 Å². The molecule has 1 heterocycles. The van der Waals surface area contributed by atoms with Gasteiger partial charge in [0, 0.05) is 18.8 Å². The van der Waals surface area contributed by atoms with Crippen molar-refractivity contribution in [1.82, 2.24) is 9.78 Å². The molecule has 1 unspecified atom stereocenters. The smallest absolute Gasteiger partial charge is 0.177 e. The zero-order valence-corrected chi connectivity index (χ0v) is 12.5. The van der Waals surface area contributed by atoms with Crippen molar-refractivity contribution in [2.24, 2.45) is 13.0 Å². The normalized spacial score (nSPS) is 17.1. The van der Waals surface area contributed by atoms with Gasteiger partial charge in [-0.3, -0.25) is 14.3 Å². The highest BCUT2D eigenvalue weighted by atomic mass is 16.2. The number of hydrogen-bond acceptors (Lipinski definition) is 3. The molecule has 0 saturated heterocycles. The standard InChI is InChI=1S/C17H18N2O2/c1-4-15-14(9-19(3)18-15)17(21)13-8-11-6-5-10(2)7-12(11)16(13)20/h5-7,9,13H,4,8H2,1-3H3. The molecule has 0 fully saturated rings. The molecule has 1 aromatic heterocycles. The number of aryl methyl sites for hydroxylation is 3. The van der Waals surface area contributed by atoms with Crippen LogP contribution in [0, 0.1) is 12.8 Å². The lowest BCUT2D eigenvalue weighted by atomic mass is 9.94. The second-order valence-electron chi connectivity index (χ2n) is 5.66. The summed E-state index contributed by atoms with van der Waals surface area (Å²) >= 11 is 0. The Labute approximate surface area is 123 Å². The number of ketones is 2. The van der Waals surface area contributed by atoms with Gasteiger partial charge in [0.2, 0.25) is 0 Å². The zero-order chi connectivity index (χ0) is 15.1. The van der Waals surface area contributed by atoms with Crippen LogP contribution in [0.1, 0.15) is 44.5 Å². The third-order valence-electron chi connectivity index (χ3n) is 4.09. The molecule has 21 heavy (non-hydrogen) atoms. The van der Waals surface area contributed by atoms with E-state index in [-0.39, 0.29) is 11.6 Å². The van der Waals surface area contributed by atoms with E-state index in [4.69, 9.17) is 0 Å². The Kier molecular flexibility index (Phi) is 3.24. The van der Waals surface area contributed by atoms with Gasteiger partial charge in [0.15, 0.2) is 11.6 Å². The predicted molar refractivity (Wildman–Crippen MR) is 79.6 cm³/mol. The summed E-state index contributed by atoms with van der Waals surface area (Å²) in [5.74, 6) is -0.736. The number of nitrogens with zero attached hydrogens (tertiary/aromatic N) is 2. The van der Waals surface area contributed by atoms with Crippen LogP contribution in [0.25, 0.3) is 0 Å². The summed E-state index contributed by atoms with van der Waals surface area (Å²) < 4.78 is 1.64. The molecular formula is C17H18N2O2. The number of carbonyl (C=O) groups is 2. The summed E-state index contributed by atoms with van der Waals surface area (Å²) in [7, 11) is 1.80. The molecule has 0 spiro atoms. The van der Waals surface area contributed by atoms with Crippen molar-refractivity contribution in [3.8, 4) is 0 Å². The largest absolute Gasteiger partial charge is 0.293 e. The Hall–Kier alpha value is -2.23. The summed E-state index contributed by atoms with van der Waals surface area (Å²) in [4.78, 5) is 25.3. The second-order valence-corrected chi connectivity index (χ2v) is 5.66. The molecule has 1 aliphatic carbocycles. The molecule has 0 radical (unpaired) electrons. The minimum Gasteiger partial charge on any atom is -0.293 e. The fraction of sp³-hybridized carbons (Fsp3) is 0.353. The fourth-order valence-corrected chi connectivity index (χ4v) is 3.00. The van der Waals surface area contributed by atoms with Crippen LogP contribution in [0.4, 0.5) is 0 Å². The maximum Gasteiger partial charge on any atom is 0.177 e. The van der Waals surface area contributed by atoms with E-state index in [9.17, 15) is 9.59 Å². The first-order valence-electron chi connectivity index (χ1n) is 7.21. The first kappa shape index (κ1) is 13.7. The van der Waals surface area contributed by atoms with Crippen LogP contribution < -0.4 is 0 Å². The monoisotopic (exact) mass is 282 g/mol. The van der Waals surface area contributed by atoms with Crippen LogP contribution in [0.2, 0.25) is 0 Å². The van der Waals surface area contributed by atoms with Crippen molar-refractivity contribution in [3.63, 3.8) is 0 Å². The zero-order valence-electron chi connectivity index (χ0n) is 12.5. The lowest BCUT2D eigenvalue weighted by Crippen LogP contribution is -2.21. The molecule has 3 rings (SSSR count). The van der Waals surface area contributed by atoms with Crippen LogP contribution in [-0.2, 0) is 19.9 Å². The number of benzene rings is 1. The number of hydrogen-bond donors (Lipinski definition) is 0. The Morgan fingerprint density at radius 2 is 2.19 bits per heavy atom. The van der Waals surface area contributed by atoms with Crippen molar-refractivity contribution in [2.45, 2.75) is 26.7 Å². The van der Waals surface area contributed by atoms with Crippen molar-refractivity contribution < 1.29 is 9.59 Å². The lowest BCUT2D eigenvalue weighted by molar-refractivity contribution is 0.0821. The first-order valence-corrected chi connectivity index (χ1v) is 7.21. The van der Waals surface area contributed by atoms with Gasteiger partial charge in [-0.25, -0.2) is 0 Å². The summed E-state index contributed by atoms with van der Waals surface area (Å²) in [6.07, 6.45) is 2.92. The molecule has 1 aromatic carbocycles. The molecule has 4 heteroatoms. The SMILES string of the molecule is CCc1nn(C)cc1C(=O)C1Cc2ccc(C)cc2C1=O. The maximum absolute atomic E-state index is 12.7. The minimum atomic E-state index is -0.587. The van der Waals surface area contributed by atoms with Crippen LogP contribution in [-0.4, -0.2) is 21.3 Å². The number of Topliss-reactive ketones (excluding diaryl/α,β-unsaturated/α-hetero) is 2. The highest BCUT2D eigenvalue weighted by Crippen LogP contribution is 2.30. The van der Waals surface area contributed by atoms with E-state index in [0.717, 1.165) is 16.8 Å². The van der Waals surface area contributed by atoms with Crippen LogP contribution >= 0.6 is 0 Å². The van der Waals surface area contributed by atoms with Gasteiger partial charge >= 0.3 is 0 Å². The topological polar surface area (TPSA) is 52.0 Å². The van der Waals surface area contributed by atoms with Gasteiger partial charge < -0.3 is 0 Å². The molecule has 4 nitrogen and oxygen atoms in total. The van der Waals surface area contributed by atoms with E-state index in [1.165, 1.54) is 0 Å². The molecule has 108 valence electrons. The number of carbonyl (C=O) groups excluding carboxylic acids is 2. The number of rotatable bonds is 3. The molecule has 0 aliphatic heterocycles. The fourth-order valence-electron chi connectivity index (χ4n) is 3.00. The Morgan fingerprint density at radius 3 is 2.90 bits per heavy atom. The molecule has 1 aliphatic rings. The molecular weight excluding hydrogens is 264 g/mol. The Bertz CT molecular complexity index is 743. The minimum absolute atomic E-state index is 0.0513. The quantitative estimate of drug-likeness (QED) is 0.642. The summed E-state index contributed by atoms with van der Waals surface area (Å²) in [5.41, 5.74) is 4.08. The molecule has 1 atom stereocenters. The predicted octanol–water partition coefficient (Wildman–Crippen LogP) is 2.53. The summed E-state index contributed by atoms with van der Waals surface area (Å²) in [5, 5.41) is 4.29.